The molecular weight excluding hydrogens is 1010 g/mol. The van der Waals surface area contributed by atoms with Gasteiger partial charge in [-0.1, -0.05) is 91.4 Å². The van der Waals surface area contributed by atoms with Gasteiger partial charge in [0.05, 0.1) is 38.8 Å². The first kappa shape index (κ1) is 53.5. The molecule has 6 heterocycles. The van der Waals surface area contributed by atoms with Crippen LogP contribution >= 0.6 is 0 Å². The molecule has 12 nitrogen and oxygen atoms in total. The number of dihydropyridines is 1. The maximum atomic E-state index is 12.3. The normalized spacial score (nSPS) is 25.7. The Labute approximate surface area is 475 Å². The van der Waals surface area contributed by atoms with Crippen LogP contribution in [0.4, 0.5) is 0 Å². The number of hydrogen-bond acceptors (Lipinski definition) is 11. The van der Waals surface area contributed by atoms with E-state index < -0.39 is 6.10 Å². The van der Waals surface area contributed by atoms with Gasteiger partial charge in [0.1, 0.15) is 30.1 Å². The monoisotopic (exact) mass is 1090 g/mol. The molecule has 6 aromatic rings. The van der Waals surface area contributed by atoms with Crippen LogP contribution in [0.5, 0.6) is 23.0 Å². The second kappa shape index (κ2) is 22.5. The Morgan fingerprint density at radius 1 is 0.877 bits per heavy atom. The molecule has 0 radical (unpaired) electrons. The number of rotatable bonds is 10. The van der Waals surface area contributed by atoms with Crippen LogP contribution in [-0.4, -0.2) is 82.1 Å². The van der Waals surface area contributed by atoms with E-state index in [2.05, 4.69) is 88.0 Å². The van der Waals surface area contributed by atoms with Crippen LogP contribution in [0, 0.1) is 29.6 Å². The number of phenols is 3. The van der Waals surface area contributed by atoms with Crippen LogP contribution in [0.25, 0.3) is 22.7 Å². The SMILES string of the molecule is COCNC1C=C2C#C[C@@H](CCc3ccc(O)c(Cc4cccc(O)c4)c3)CCC[C@H]3C[C@H](O)[C@@H]4C=Cc5c(c(CO)cc(O)c5OCc5cc([C@@]67CCOC[C@@H]6CC6(CCCC6)c6ccccc67)cc6cn(cc56)C(=C2CO3)N1)C4. The van der Waals surface area contributed by atoms with E-state index in [4.69, 9.17) is 18.9 Å². The van der Waals surface area contributed by atoms with Crippen molar-refractivity contribution in [2.45, 2.75) is 132 Å². The molecule has 81 heavy (non-hydrogen) atoms. The van der Waals surface area contributed by atoms with Crippen molar-refractivity contribution in [3.05, 3.63) is 176 Å². The van der Waals surface area contributed by atoms with E-state index in [9.17, 15) is 25.5 Å². The van der Waals surface area contributed by atoms with Gasteiger partial charge in [-0.25, -0.2) is 0 Å². The molecule has 1 saturated carbocycles. The van der Waals surface area contributed by atoms with Crippen LogP contribution in [0.2, 0.25) is 0 Å². The lowest BCUT2D eigenvalue weighted by atomic mass is 9.51. The number of aromatic nitrogens is 1. The van der Waals surface area contributed by atoms with Crippen LogP contribution in [0.1, 0.15) is 126 Å². The van der Waals surface area contributed by atoms with Gasteiger partial charge in [-0.05, 0) is 162 Å². The summed E-state index contributed by atoms with van der Waals surface area (Å²) in [5.41, 5.74) is 11.8. The number of aliphatic hydroxyl groups is 2. The van der Waals surface area contributed by atoms with Gasteiger partial charge < -0.3 is 54.4 Å². The number of methoxy groups -OCH3 is 1. The molecule has 1 spiro atoms. The molecule has 0 amide bonds. The Hall–Kier alpha value is -6.82. The molecule has 1 aromatic heterocycles. The maximum absolute atomic E-state index is 12.3. The highest BCUT2D eigenvalue weighted by atomic mass is 16.5. The van der Waals surface area contributed by atoms with Crippen molar-refractivity contribution in [3.63, 3.8) is 0 Å². The van der Waals surface area contributed by atoms with Gasteiger partial charge in [0, 0.05) is 83.7 Å². The van der Waals surface area contributed by atoms with E-state index >= 15 is 0 Å². The fraction of sp³-hybridized carbons (Fsp3) is 0.420. The predicted octanol–water partition coefficient (Wildman–Crippen LogP) is 10.9. The first-order valence-electron chi connectivity index (χ1n) is 29.5. The maximum Gasteiger partial charge on any atom is 0.168 e. The number of benzene rings is 5. The topological polar surface area (TPSA) is 167 Å². The predicted molar refractivity (Wildman–Crippen MR) is 313 cm³/mol. The van der Waals surface area contributed by atoms with Gasteiger partial charge in [-0.3, -0.25) is 5.32 Å². The number of nitrogens with zero attached hydrogens (tertiary/aromatic N) is 1. The summed E-state index contributed by atoms with van der Waals surface area (Å²) in [6.45, 7) is 1.82. The average molecular weight is 1090 g/mol. The molecule has 2 fully saturated rings. The fourth-order valence-corrected chi connectivity index (χ4v) is 15.2. The zero-order valence-electron chi connectivity index (χ0n) is 46.4. The van der Waals surface area contributed by atoms with Crippen LogP contribution in [0.3, 0.4) is 0 Å². The highest BCUT2D eigenvalue weighted by Crippen LogP contribution is 2.60. The molecule has 8 bridgehead atoms. The number of phenolic OH excluding ortho intramolecular Hbond substituents is 3. The van der Waals surface area contributed by atoms with E-state index in [1.807, 2.05) is 30.4 Å². The van der Waals surface area contributed by atoms with Gasteiger partial charge in [0.15, 0.2) is 11.5 Å². The molecule has 8 aliphatic rings. The minimum atomic E-state index is -0.760. The number of aryl methyl sites for hydroxylation is 1. The minimum absolute atomic E-state index is 0.0294. The van der Waals surface area contributed by atoms with Gasteiger partial charge in [-0.15, -0.1) is 0 Å². The van der Waals surface area contributed by atoms with Gasteiger partial charge in [0.25, 0.3) is 0 Å². The smallest absolute Gasteiger partial charge is 0.168 e. The lowest BCUT2D eigenvalue weighted by Gasteiger charge is -2.54. The van der Waals surface area contributed by atoms with Crippen molar-refractivity contribution in [2.24, 2.45) is 17.8 Å². The van der Waals surface area contributed by atoms with Crippen molar-refractivity contribution in [1.29, 1.82) is 0 Å². The van der Waals surface area contributed by atoms with E-state index in [0.29, 0.717) is 56.9 Å². The van der Waals surface area contributed by atoms with Gasteiger partial charge in [-0.2, -0.15) is 0 Å². The van der Waals surface area contributed by atoms with Crippen molar-refractivity contribution >= 4 is 22.7 Å². The molecule has 5 aliphatic heterocycles. The lowest BCUT2D eigenvalue weighted by Crippen LogP contribution is -2.51. The van der Waals surface area contributed by atoms with E-state index in [0.717, 1.165) is 99.6 Å². The molecule has 7 N–H and O–H groups in total. The number of nitrogens with one attached hydrogen (secondary N) is 2. The standard InChI is InChI=1S/C69H75N3O9/c1-78-42-70-65-33-46-18-16-43(14-15-44-17-21-62(75)48(26-44)27-45-9-6-10-54(74)28-45)8-7-11-55-34-63(76)47-19-20-56-57(31-47)50(38-73)32-64(77)66(56)81-39-51-30-52(29-49-36-72(37-58(49)51)67(71-65)59(46)41-80-55)69-24-25-79-40-53(69)35-68(22-4-5-23-68)60-12-2-3-13-61(60)69/h2-3,6,9-10,12-13,17,19-21,26,28-30,32-33,36-37,43,47,53,55,63,65,70-71,73-77H,4-5,7-8,11,14-15,22-25,27,31,34-35,38-42H2,1H3/t43-,47-,53+,55+,63+,65?,69+/m1/s1. The number of fused-ring (bicyclic) bond motifs is 6. The van der Waals surface area contributed by atoms with E-state index in [1.54, 1.807) is 31.4 Å². The highest BCUT2D eigenvalue weighted by molar-refractivity contribution is 5.89. The summed E-state index contributed by atoms with van der Waals surface area (Å²) in [7, 11) is 1.68. The Morgan fingerprint density at radius 2 is 1.75 bits per heavy atom. The Kier molecular flexibility index (Phi) is 14.9. The molecule has 1 unspecified atom stereocenters. The molecule has 1 saturated heterocycles. The van der Waals surface area contributed by atoms with Crippen molar-refractivity contribution in [3.8, 4) is 34.8 Å². The first-order chi connectivity index (χ1) is 39.6. The van der Waals surface area contributed by atoms with Gasteiger partial charge >= 0.3 is 0 Å². The summed E-state index contributed by atoms with van der Waals surface area (Å²) < 4.78 is 28.3. The minimum Gasteiger partial charge on any atom is -0.508 e. The van der Waals surface area contributed by atoms with E-state index in [-0.39, 0.29) is 77.9 Å². The van der Waals surface area contributed by atoms with Crippen LogP contribution in [-0.2, 0) is 57.5 Å². The zero-order valence-corrected chi connectivity index (χ0v) is 46.4. The lowest BCUT2D eigenvalue weighted by molar-refractivity contribution is -0.00873. The Bertz CT molecular complexity index is 3520. The highest BCUT2D eigenvalue weighted by Gasteiger charge is 2.55. The molecule has 7 atom stereocenters. The number of ether oxygens (including phenoxy) is 4. The summed E-state index contributed by atoms with van der Waals surface area (Å²) in [4.78, 5) is 0. The molecule has 420 valence electrons. The fourth-order valence-electron chi connectivity index (χ4n) is 15.2. The van der Waals surface area contributed by atoms with Crippen molar-refractivity contribution in [1.82, 2.24) is 15.2 Å². The van der Waals surface area contributed by atoms with Crippen molar-refractivity contribution < 1.29 is 44.5 Å². The van der Waals surface area contributed by atoms with Crippen LogP contribution < -0.4 is 15.4 Å². The zero-order chi connectivity index (χ0) is 55.2. The number of hydrogen-bond donors (Lipinski definition) is 7. The first-order valence-corrected chi connectivity index (χ1v) is 29.5. The Morgan fingerprint density at radius 3 is 2.60 bits per heavy atom. The summed E-state index contributed by atoms with van der Waals surface area (Å²) in [5, 5.41) is 65.4. The molecule has 12 heteroatoms. The quantitative estimate of drug-likeness (QED) is 0.0515. The molecule has 3 aliphatic carbocycles. The van der Waals surface area contributed by atoms with Gasteiger partial charge in [0.2, 0.25) is 0 Å². The summed E-state index contributed by atoms with van der Waals surface area (Å²) in [6, 6.07) is 28.7. The molecular formula is C69H75N3O9. The second-order valence-corrected chi connectivity index (χ2v) is 24.1. The summed E-state index contributed by atoms with van der Waals surface area (Å²) in [5.74, 6) is 9.14. The van der Waals surface area contributed by atoms with E-state index in [1.165, 1.54) is 42.4 Å². The molecule has 5 aromatic carbocycles. The average Bonchev–Trinajstić information content (AvgIpc) is 4.26. The Balaban J connectivity index is 0.946. The number of aromatic hydroxyl groups is 3. The largest absolute Gasteiger partial charge is 0.508 e. The van der Waals surface area contributed by atoms with Crippen molar-refractivity contribution in [2.75, 3.05) is 33.7 Å². The second-order valence-electron chi connectivity index (χ2n) is 24.1. The number of aliphatic hydroxyl groups excluding tert-OH is 2. The third kappa shape index (κ3) is 10.3. The third-order valence-electron chi connectivity index (χ3n) is 19.3. The van der Waals surface area contributed by atoms with Crippen LogP contribution in [0.15, 0.2) is 121 Å². The summed E-state index contributed by atoms with van der Waals surface area (Å²) in [6.07, 6.45) is 21.3. The third-order valence-corrected chi connectivity index (χ3v) is 19.3. The summed E-state index contributed by atoms with van der Waals surface area (Å²) >= 11 is 0. The molecule has 14 rings (SSSR count).